The summed E-state index contributed by atoms with van der Waals surface area (Å²) in [4.78, 5) is 17.0. The van der Waals surface area contributed by atoms with E-state index in [-0.39, 0.29) is 12.0 Å². The Balaban J connectivity index is 1.44. The molecule has 0 spiro atoms. The van der Waals surface area contributed by atoms with Crippen molar-refractivity contribution in [2.45, 2.75) is 39.6 Å². The molecule has 0 radical (unpaired) electrons. The topological polar surface area (TPSA) is 56.2 Å². The molecule has 2 aromatic carbocycles. The van der Waals surface area contributed by atoms with Gasteiger partial charge in [0.25, 0.3) is 5.91 Å². The molecule has 1 aliphatic heterocycles. The maximum Gasteiger partial charge on any atom is 0.272 e. The molecular weight excluding hydrogens is 338 g/mol. The zero-order chi connectivity index (χ0) is 18.8. The van der Waals surface area contributed by atoms with Crippen LogP contribution in [-0.2, 0) is 24.4 Å². The van der Waals surface area contributed by atoms with E-state index < -0.39 is 0 Å². The minimum atomic E-state index is -0.163. The third kappa shape index (κ3) is 3.64. The quantitative estimate of drug-likeness (QED) is 0.771. The van der Waals surface area contributed by atoms with E-state index in [1.54, 1.807) is 6.33 Å². The van der Waals surface area contributed by atoms with Gasteiger partial charge in [0.2, 0.25) is 0 Å². The van der Waals surface area contributed by atoms with E-state index in [1.807, 2.05) is 28.8 Å². The number of rotatable bonds is 4. The van der Waals surface area contributed by atoms with Crippen LogP contribution in [0.2, 0.25) is 0 Å². The van der Waals surface area contributed by atoms with E-state index in [0.29, 0.717) is 25.4 Å². The monoisotopic (exact) mass is 361 g/mol. The van der Waals surface area contributed by atoms with Gasteiger partial charge in [-0.25, -0.2) is 4.98 Å². The number of fused-ring (bicyclic) bond motifs is 1. The third-order valence-electron chi connectivity index (χ3n) is 5.14. The van der Waals surface area contributed by atoms with Crippen LogP contribution in [0, 0.1) is 13.8 Å². The van der Waals surface area contributed by atoms with E-state index >= 15 is 0 Å². The average molecular weight is 361 g/mol. The zero-order valence-electron chi connectivity index (χ0n) is 15.6. The lowest BCUT2D eigenvalue weighted by Gasteiger charge is -2.25. The minimum absolute atomic E-state index is 0.0145. The lowest BCUT2D eigenvalue weighted by Crippen LogP contribution is -2.27. The van der Waals surface area contributed by atoms with E-state index in [2.05, 4.69) is 48.4 Å². The summed E-state index contributed by atoms with van der Waals surface area (Å²) in [5.74, 6) is -0.163. The van der Waals surface area contributed by atoms with Crippen LogP contribution in [0.4, 0.5) is 0 Å². The molecule has 0 saturated carbocycles. The fraction of sp³-hybridized carbons (Fsp3) is 0.273. The van der Waals surface area contributed by atoms with Crippen LogP contribution < -0.4 is 5.32 Å². The van der Waals surface area contributed by atoms with Crippen molar-refractivity contribution >= 4 is 5.91 Å². The Bertz CT molecular complexity index is 963. The first-order valence-electron chi connectivity index (χ1n) is 9.16. The van der Waals surface area contributed by atoms with Crippen molar-refractivity contribution in [3.63, 3.8) is 0 Å². The van der Waals surface area contributed by atoms with Crippen LogP contribution in [0.3, 0.4) is 0 Å². The smallest absolute Gasteiger partial charge is 0.272 e. The van der Waals surface area contributed by atoms with E-state index in [0.717, 1.165) is 16.8 Å². The van der Waals surface area contributed by atoms with Gasteiger partial charge in [0, 0.05) is 6.54 Å². The summed E-state index contributed by atoms with van der Waals surface area (Å²) < 4.78 is 8.01. The van der Waals surface area contributed by atoms with Crippen LogP contribution in [-0.4, -0.2) is 15.5 Å². The molecule has 0 aliphatic carbocycles. The highest BCUT2D eigenvalue weighted by Gasteiger charge is 2.26. The highest BCUT2D eigenvalue weighted by Crippen LogP contribution is 2.27. The second-order valence-electron chi connectivity index (χ2n) is 7.00. The predicted octanol–water partition coefficient (Wildman–Crippen LogP) is 3.70. The van der Waals surface area contributed by atoms with E-state index in [9.17, 15) is 4.79 Å². The Hall–Kier alpha value is -2.92. The molecule has 2 heterocycles. The SMILES string of the molecule is Cc1ccc(CNC(=O)c2ncn3c2CO[C@@H](c2ccccc2)C3)cc1C. The molecule has 1 aliphatic rings. The molecule has 5 heteroatoms. The summed E-state index contributed by atoms with van der Waals surface area (Å²) in [6, 6.07) is 16.3. The summed E-state index contributed by atoms with van der Waals surface area (Å²) in [6.45, 7) is 5.69. The molecule has 0 fully saturated rings. The molecule has 1 N–H and O–H groups in total. The van der Waals surface area contributed by atoms with Gasteiger partial charge in [0.15, 0.2) is 5.69 Å². The fourth-order valence-electron chi connectivity index (χ4n) is 3.37. The Morgan fingerprint density at radius 2 is 2.00 bits per heavy atom. The maximum atomic E-state index is 12.6. The van der Waals surface area contributed by atoms with Crippen molar-refractivity contribution < 1.29 is 9.53 Å². The Morgan fingerprint density at radius 3 is 2.78 bits per heavy atom. The number of benzene rings is 2. The largest absolute Gasteiger partial charge is 0.365 e. The zero-order valence-corrected chi connectivity index (χ0v) is 15.6. The molecular formula is C22H23N3O2. The number of amides is 1. The number of aryl methyl sites for hydroxylation is 2. The van der Waals surface area contributed by atoms with E-state index in [4.69, 9.17) is 4.74 Å². The molecule has 1 aromatic heterocycles. The molecule has 4 rings (SSSR count). The first-order chi connectivity index (χ1) is 13.1. The van der Waals surface area contributed by atoms with E-state index in [1.165, 1.54) is 11.1 Å². The number of carbonyl (C=O) groups is 1. The molecule has 5 nitrogen and oxygen atoms in total. The van der Waals surface area contributed by atoms with Gasteiger partial charge in [-0.1, -0.05) is 48.5 Å². The van der Waals surface area contributed by atoms with Gasteiger partial charge >= 0.3 is 0 Å². The summed E-state index contributed by atoms with van der Waals surface area (Å²) in [5, 5.41) is 2.97. The highest BCUT2D eigenvalue weighted by molar-refractivity contribution is 5.93. The molecule has 0 saturated heterocycles. The van der Waals surface area contributed by atoms with Gasteiger partial charge in [-0.15, -0.1) is 0 Å². The molecule has 138 valence electrons. The minimum Gasteiger partial charge on any atom is -0.365 e. The molecule has 27 heavy (non-hydrogen) atoms. The third-order valence-corrected chi connectivity index (χ3v) is 5.14. The van der Waals surface area contributed by atoms with Crippen LogP contribution >= 0.6 is 0 Å². The van der Waals surface area contributed by atoms with Crippen LogP contribution in [0.5, 0.6) is 0 Å². The first-order valence-corrected chi connectivity index (χ1v) is 9.16. The van der Waals surface area contributed by atoms with Crippen molar-refractivity contribution in [2.75, 3.05) is 0 Å². The molecule has 0 unspecified atom stereocenters. The van der Waals surface area contributed by atoms with Gasteiger partial charge in [0.1, 0.15) is 6.10 Å². The van der Waals surface area contributed by atoms with Gasteiger partial charge < -0.3 is 14.6 Å². The summed E-state index contributed by atoms with van der Waals surface area (Å²) in [5.41, 5.74) is 5.97. The van der Waals surface area contributed by atoms with Crippen molar-refractivity contribution in [3.05, 3.63) is 88.5 Å². The number of imidazole rings is 1. The Kier molecular flexibility index (Phi) is 4.77. The van der Waals surface area contributed by atoms with Crippen LogP contribution in [0.15, 0.2) is 54.9 Å². The lowest BCUT2D eigenvalue weighted by atomic mass is 10.1. The lowest BCUT2D eigenvalue weighted by molar-refractivity contribution is 0.00257. The maximum absolute atomic E-state index is 12.6. The van der Waals surface area contributed by atoms with Gasteiger partial charge in [-0.2, -0.15) is 0 Å². The summed E-state index contributed by atoms with van der Waals surface area (Å²) >= 11 is 0. The van der Waals surface area contributed by atoms with Gasteiger partial charge in [-0.05, 0) is 36.1 Å². The number of hydrogen-bond acceptors (Lipinski definition) is 3. The molecule has 1 atom stereocenters. The number of carbonyl (C=O) groups excluding carboxylic acids is 1. The predicted molar refractivity (Wildman–Crippen MR) is 103 cm³/mol. The summed E-state index contributed by atoms with van der Waals surface area (Å²) in [7, 11) is 0. The second-order valence-corrected chi connectivity index (χ2v) is 7.00. The number of nitrogens with zero attached hydrogens (tertiary/aromatic N) is 2. The Morgan fingerprint density at radius 1 is 1.19 bits per heavy atom. The average Bonchev–Trinajstić information content (AvgIpc) is 3.12. The van der Waals surface area contributed by atoms with Gasteiger partial charge in [-0.3, -0.25) is 4.79 Å². The molecule has 1 amide bonds. The van der Waals surface area contributed by atoms with Crippen molar-refractivity contribution in [1.82, 2.24) is 14.9 Å². The number of aromatic nitrogens is 2. The fourth-order valence-corrected chi connectivity index (χ4v) is 3.37. The van der Waals surface area contributed by atoms with Crippen molar-refractivity contribution in [2.24, 2.45) is 0 Å². The first kappa shape index (κ1) is 17.5. The molecule has 3 aromatic rings. The second kappa shape index (κ2) is 7.37. The van der Waals surface area contributed by atoms with Crippen LogP contribution in [0.1, 0.15) is 44.5 Å². The number of nitrogens with one attached hydrogen (secondary N) is 1. The molecule has 0 bridgehead atoms. The van der Waals surface area contributed by atoms with Crippen molar-refractivity contribution in [3.8, 4) is 0 Å². The number of hydrogen-bond donors (Lipinski definition) is 1. The van der Waals surface area contributed by atoms with Crippen LogP contribution in [0.25, 0.3) is 0 Å². The van der Waals surface area contributed by atoms with Crippen molar-refractivity contribution in [1.29, 1.82) is 0 Å². The number of ether oxygens (including phenoxy) is 1. The highest BCUT2D eigenvalue weighted by atomic mass is 16.5. The Labute approximate surface area is 159 Å². The summed E-state index contributed by atoms with van der Waals surface area (Å²) in [6.07, 6.45) is 1.72. The standard InChI is InChI=1S/C22H23N3O2/c1-15-8-9-17(10-16(15)2)11-23-22(26)21-19-13-27-20(12-25(19)14-24-21)18-6-4-3-5-7-18/h3-10,14,20H,11-13H2,1-2H3,(H,23,26)/t20-/m1/s1. The normalized spacial score (nSPS) is 16.0. The van der Waals surface area contributed by atoms with Gasteiger partial charge in [0.05, 0.1) is 25.2 Å².